The summed E-state index contributed by atoms with van der Waals surface area (Å²) in [4.78, 5) is 16.1. The van der Waals surface area contributed by atoms with E-state index in [4.69, 9.17) is 4.98 Å². The maximum absolute atomic E-state index is 13.4. The van der Waals surface area contributed by atoms with E-state index in [-0.39, 0.29) is 7.85 Å². The van der Waals surface area contributed by atoms with E-state index in [2.05, 4.69) is 25.3 Å². The number of aromatic nitrogens is 4. The molecule has 2 unspecified atom stereocenters. The van der Waals surface area contributed by atoms with Gasteiger partial charge in [0.1, 0.15) is 6.17 Å². The quantitative estimate of drug-likeness (QED) is 0.404. The van der Waals surface area contributed by atoms with Crippen LogP contribution in [0.2, 0.25) is 0 Å². The van der Waals surface area contributed by atoms with Gasteiger partial charge in [-0.15, -0.1) is 5.10 Å². The van der Waals surface area contributed by atoms with Gasteiger partial charge in [0.2, 0.25) is 12.4 Å². The molecule has 2 fully saturated rings. The Labute approximate surface area is 222 Å². The third-order valence-electron chi connectivity index (χ3n) is 8.75. The predicted molar refractivity (Wildman–Crippen MR) is 144 cm³/mol. The monoisotopic (exact) mass is 527 g/mol. The minimum atomic E-state index is -2.44. The lowest BCUT2D eigenvalue weighted by Crippen LogP contribution is -2.59. The highest BCUT2D eigenvalue weighted by atomic mass is 19.3. The average molecular weight is 528 g/mol. The van der Waals surface area contributed by atoms with Crippen molar-refractivity contribution in [1.82, 2.24) is 24.5 Å². The van der Waals surface area contributed by atoms with Gasteiger partial charge in [0.15, 0.2) is 0 Å². The first-order chi connectivity index (χ1) is 18.1. The van der Waals surface area contributed by atoms with Crippen molar-refractivity contribution in [2.45, 2.75) is 76.9 Å². The topological polar surface area (TPSA) is 70.7 Å². The molecule has 1 N–H and O–H groups in total. The van der Waals surface area contributed by atoms with E-state index in [0.717, 1.165) is 49.9 Å². The SMILES string of the molecule is CC1=Nc2ccc(-c3ccn4nc(NC5CCC6(CC5)CN(CC(C)F)C6)ncc34)nc2C1(C)CC(F)F.[HH]. The van der Waals surface area contributed by atoms with Crippen LogP contribution in [0.25, 0.3) is 16.8 Å². The Balaban J connectivity index is 0.00000308. The van der Waals surface area contributed by atoms with Crippen LogP contribution < -0.4 is 5.32 Å². The summed E-state index contributed by atoms with van der Waals surface area (Å²) in [6.45, 7) is 7.76. The first-order valence-electron chi connectivity index (χ1n) is 13.5. The van der Waals surface area contributed by atoms with Crippen LogP contribution in [0.1, 0.15) is 60.0 Å². The standard InChI is InChI=1S/C28H34F3N7.H2/c1-17(29)14-37-15-28(16-37)9-6-19(7-10-28)34-26-32-13-23-20(8-11-38(23)36-26)21-4-5-22-25(35-21)27(3,12-24(30)31)18(2)33-22;/h4-5,8,11,13,17,19,24H,6-7,9-10,12,14-16H2,1-3H3,(H,34,36);1H. The zero-order valence-corrected chi connectivity index (χ0v) is 22.1. The molecule has 7 nitrogen and oxygen atoms in total. The van der Waals surface area contributed by atoms with Crippen LogP contribution in [0.5, 0.6) is 0 Å². The van der Waals surface area contributed by atoms with Crippen molar-refractivity contribution in [2.24, 2.45) is 10.4 Å². The van der Waals surface area contributed by atoms with Gasteiger partial charge in [0, 0.05) is 51.0 Å². The van der Waals surface area contributed by atoms with Crippen LogP contribution in [-0.4, -0.2) is 68.5 Å². The molecule has 2 atom stereocenters. The van der Waals surface area contributed by atoms with E-state index in [1.54, 1.807) is 31.5 Å². The molecule has 1 aliphatic carbocycles. The lowest BCUT2D eigenvalue weighted by Gasteiger charge is -2.53. The molecule has 204 valence electrons. The van der Waals surface area contributed by atoms with Gasteiger partial charge < -0.3 is 5.32 Å². The number of hydrogen-bond donors (Lipinski definition) is 1. The summed E-state index contributed by atoms with van der Waals surface area (Å²) in [6, 6.07) is 5.98. The van der Waals surface area contributed by atoms with Crippen LogP contribution in [0.4, 0.5) is 24.8 Å². The minimum absolute atomic E-state index is 0. The molecule has 1 saturated heterocycles. The Morgan fingerprint density at radius 1 is 1.16 bits per heavy atom. The fourth-order valence-electron chi connectivity index (χ4n) is 6.57. The van der Waals surface area contributed by atoms with Crippen molar-refractivity contribution >= 4 is 22.9 Å². The van der Waals surface area contributed by atoms with Crippen molar-refractivity contribution in [3.05, 3.63) is 36.3 Å². The first kappa shape index (κ1) is 25.3. The first-order valence-corrected chi connectivity index (χ1v) is 13.5. The molecule has 0 aromatic carbocycles. The number of halogens is 3. The molecule has 2 aliphatic heterocycles. The zero-order valence-electron chi connectivity index (χ0n) is 22.1. The number of alkyl halides is 3. The maximum atomic E-state index is 13.4. The molecule has 1 saturated carbocycles. The van der Waals surface area contributed by atoms with Crippen LogP contribution in [0, 0.1) is 5.41 Å². The average Bonchev–Trinajstić information content (AvgIpc) is 3.36. The van der Waals surface area contributed by atoms with E-state index in [0.29, 0.717) is 46.7 Å². The Morgan fingerprint density at radius 2 is 1.92 bits per heavy atom. The second kappa shape index (κ2) is 9.32. The molecular weight excluding hydrogens is 491 g/mol. The molecular formula is C28H36F3N7. The summed E-state index contributed by atoms with van der Waals surface area (Å²) in [5.41, 5.74) is 3.71. The highest BCUT2D eigenvalue weighted by Gasteiger charge is 2.45. The van der Waals surface area contributed by atoms with Crippen LogP contribution in [0.3, 0.4) is 0 Å². The molecule has 38 heavy (non-hydrogen) atoms. The Kier molecular flexibility index (Phi) is 6.20. The predicted octanol–water partition coefficient (Wildman–Crippen LogP) is 6.07. The number of likely N-dealkylation sites (tertiary alicyclic amines) is 1. The van der Waals surface area contributed by atoms with Gasteiger partial charge in [0.25, 0.3) is 0 Å². The van der Waals surface area contributed by atoms with Crippen molar-refractivity contribution in [1.29, 1.82) is 0 Å². The van der Waals surface area contributed by atoms with Crippen molar-refractivity contribution in [2.75, 3.05) is 25.0 Å². The van der Waals surface area contributed by atoms with Gasteiger partial charge in [0.05, 0.1) is 34.2 Å². The zero-order chi connectivity index (χ0) is 26.7. The fraction of sp³-hybridized carbons (Fsp3) is 0.571. The van der Waals surface area contributed by atoms with Crippen molar-refractivity contribution in [3.63, 3.8) is 0 Å². The Bertz CT molecular complexity index is 1370. The van der Waals surface area contributed by atoms with E-state index in [1.165, 1.54) is 0 Å². The summed E-state index contributed by atoms with van der Waals surface area (Å²) in [5.74, 6) is 0.581. The van der Waals surface area contributed by atoms with Gasteiger partial charge in [-0.3, -0.25) is 9.89 Å². The lowest BCUT2D eigenvalue weighted by molar-refractivity contribution is -0.0393. The van der Waals surface area contributed by atoms with Gasteiger partial charge in [-0.2, -0.15) is 0 Å². The number of hydrogen-bond acceptors (Lipinski definition) is 6. The summed E-state index contributed by atoms with van der Waals surface area (Å²) in [6.07, 6.45) is 4.50. The second-order valence-corrected chi connectivity index (χ2v) is 11.7. The number of nitrogens with zero attached hydrogens (tertiary/aromatic N) is 6. The van der Waals surface area contributed by atoms with Crippen LogP contribution >= 0.6 is 0 Å². The van der Waals surface area contributed by atoms with Crippen LogP contribution in [0.15, 0.2) is 35.6 Å². The maximum Gasteiger partial charge on any atom is 0.241 e. The van der Waals surface area contributed by atoms with Gasteiger partial charge >= 0.3 is 0 Å². The van der Waals surface area contributed by atoms with E-state index >= 15 is 0 Å². The highest BCUT2D eigenvalue weighted by Crippen LogP contribution is 2.45. The smallest absolute Gasteiger partial charge is 0.241 e. The largest absolute Gasteiger partial charge is 0.350 e. The molecule has 0 radical (unpaired) electrons. The molecule has 1 spiro atoms. The number of pyridine rings is 1. The summed E-state index contributed by atoms with van der Waals surface area (Å²) < 4.78 is 41.8. The Morgan fingerprint density at radius 3 is 2.63 bits per heavy atom. The molecule has 3 aromatic heterocycles. The molecule has 5 heterocycles. The van der Waals surface area contributed by atoms with Gasteiger partial charge in [-0.05, 0) is 70.1 Å². The molecule has 0 bridgehead atoms. The molecule has 3 aliphatic rings. The van der Waals surface area contributed by atoms with E-state index < -0.39 is 18.0 Å². The van der Waals surface area contributed by atoms with Gasteiger partial charge in [-0.1, -0.05) is 0 Å². The summed E-state index contributed by atoms with van der Waals surface area (Å²) >= 11 is 0. The summed E-state index contributed by atoms with van der Waals surface area (Å²) in [5, 5.41) is 8.18. The second-order valence-electron chi connectivity index (χ2n) is 11.7. The third-order valence-corrected chi connectivity index (χ3v) is 8.75. The van der Waals surface area contributed by atoms with E-state index in [1.807, 2.05) is 24.4 Å². The van der Waals surface area contributed by atoms with Crippen molar-refractivity contribution in [3.8, 4) is 11.3 Å². The Hall–Kier alpha value is -3.01. The number of nitrogens with one attached hydrogen (secondary N) is 1. The number of rotatable bonds is 7. The third kappa shape index (κ3) is 4.46. The number of fused-ring (bicyclic) bond motifs is 2. The van der Waals surface area contributed by atoms with Crippen LogP contribution in [-0.2, 0) is 5.41 Å². The highest BCUT2D eigenvalue weighted by molar-refractivity contribution is 5.99. The molecule has 6 rings (SSSR count). The molecule has 0 amide bonds. The lowest BCUT2D eigenvalue weighted by atomic mass is 9.67. The number of aliphatic imine (C=N–C) groups is 1. The van der Waals surface area contributed by atoms with Crippen molar-refractivity contribution < 1.29 is 14.6 Å². The minimum Gasteiger partial charge on any atom is -0.350 e. The molecule has 10 heteroatoms. The number of anilines is 1. The molecule has 3 aromatic rings. The van der Waals surface area contributed by atoms with E-state index in [9.17, 15) is 13.2 Å². The summed E-state index contributed by atoms with van der Waals surface area (Å²) in [7, 11) is 0. The normalized spacial score (nSPS) is 24.0. The fourth-order valence-corrected chi connectivity index (χ4v) is 6.57. The van der Waals surface area contributed by atoms with Gasteiger partial charge in [-0.25, -0.2) is 27.7 Å².